The van der Waals surface area contributed by atoms with Gasteiger partial charge >= 0.3 is 0 Å². The predicted octanol–water partition coefficient (Wildman–Crippen LogP) is 8.47. The summed E-state index contributed by atoms with van der Waals surface area (Å²) in [6.07, 6.45) is 12.3. The van der Waals surface area contributed by atoms with Crippen LogP contribution in [0.2, 0.25) is 0 Å². The lowest BCUT2D eigenvalue weighted by atomic mass is 9.63. The Morgan fingerprint density at radius 2 is 1.47 bits per heavy atom. The number of benzene rings is 2. The number of hydrogen-bond acceptors (Lipinski definition) is 1. The summed E-state index contributed by atoms with van der Waals surface area (Å²) in [4.78, 5) is 0. The van der Waals surface area contributed by atoms with E-state index >= 15 is 0 Å². The average Bonchev–Trinajstić information content (AvgIpc) is 2.86. The molecule has 2 aliphatic rings. The Morgan fingerprint density at radius 3 is 2.14 bits per heavy atom. The molecule has 0 amide bonds. The molecular formula is C31H32F4O. The fourth-order valence-electron chi connectivity index (χ4n) is 5.90. The first-order valence-corrected chi connectivity index (χ1v) is 12.7. The van der Waals surface area contributed by atoms with Crippen LogP contribution in [0.5, 0.6) is 5.75 Å². The zero-order valence-electron chi connectivity index (χ0n) is 20.5. The van der Waals surface area contributed by atoms with Crippen molar-refractivity contribution in [2.24, 2.45) is 17.8 Å². The Hall–Kier alpha value is -3.00. The number of halogens is 4. The van der Waals surface area contributed by atoms with E-state index in [9.17, 15) is 17.6 Å². The summed E-state index contributed by atoms with van der Waals surface area (Å²) >= 11 is 0. The standard InChI is InChI=1S/C31H32F4O/c1-3-5-6-20-7-9-23-17-24(11-10-22(23)14-20)25-18-27(32)26(28(33)19-25)12-8-21-15-29(34)31(30(35)16-21)36-13-4-2/h3-4,15-16,18-20,22-24H,1-2,5-7,9-11,13-14,17H2. The number of ether oxygens (including phenoxy) is 1. The van der Waals surface area contributed by atoms with E-state index in [1.54, 1.807) is 0 Å². The summed E-state index contributed by atoms with van der Waals surface area (Å²) in [6.45, 7) is 7.21. The van der Waals surface area contributed by atoms with E-state index in [1.165, 1.54) is 43.9 Å². The maximum absolute atomic E-state index is 14.9. The fourth-order valence-corrected chi connectivity index (χ4v) is 5.90. The van der Waals surface area contributed by atoms with Gasteiger partial charge in [-0.15, -0.1) is 6.58 Å². The van der Waals surface area contributed by atoms with Crippen molar-refractivity contribution in [2.75, 3.05) is 6.61 Å². The third-order valence-corrected chi connectivity index (χ3v) is 7.71. The zero-order valence-corrected chi connectivity index (χ0v) is 20.5. The summed E-state index contributed by atoms with van der Waals surface area (Å²) < 4.78 is 63.1. The van der Waals surface area contributed by atoms with Gasteiger partial charge in [0.1, 0.15) is 18.2 Å². The van der Waals surface area contributed by atoms with Crippen molar-refractivity contribution in [3.63, 3.8) is 0 Å². The molecule has 1 nitrogen and oxygen atoms in total. The molecule has 36 heavy (non-hydrogen) atoms. The van der Waals surface area contributed by atoms with Crippen LogP contribution in [0.4, 0.5) is 17.6 Å². The van der Waals surface area contributed by atoms with Crippen molar-refractivity contribution in [1.82, 2.24) is 0 Å². The summed E-state index contributed by atoms with van der Waals surface area (Å²) in [5, 5.41) is 0. The topological polar surface area (TPSA) is 9.23 Å². The summed E-state index contributed by atoms with van der Waals surface area (Å²) in [5.74, 6) is 3.18. The zero-order chi connectivity index (χ0) is 25.7. The molecule has 2 saturated carbocycles. The largest absolute Gasteiger partial charge is 0.483 e. The summed E-state index contributed by atoms with van der Waals surface area (Å²) in [6, 6.07) is 4.70. The molecule has 0 saturated heterocycles. The van der Waals surface area contributed by atoms with E-state index in [4.69, 9.17) is 4.74 Å². The third-order valence-electron chi connectivity index (χ3n) is 7.71. The molecule has 0 aromatic heterocycles. The minimum atomic E-state index is -0.942. The van der Waals surface area contributed by atoms with E-state index < -0.39 is 34.6 Å². The van der Waals surface area contributed by atoms with Crippen LogP contribution in [0.25, 0.3) is 0 Å². The van der Waals surface area contributed by atoms with Gasteiger partial charge in [-0.25, -0.2) is 17.6 Å². The van der Waals surface area contributed by atoms with Crippen LogP contribution in [-0.2, 0) is 0 Å². The van der Waals surface area contributed by atoms with Crippen molar-refractivity contribution >= 4 is 0 Å². The van der Waals surface area contributed by atoms with Crippen molar-refractivity contribution in [2.45, 2.75) is 57.3 Å². The van der Waals surface area contributed by atoms with Gasteiger partial charge < -0.3 is 4.74 Å². The minimum Gasteiger partial charge on any atom is -0.483 e. The Morgan fingerprint density at radius 1 is 0.806 bits per heavy atom. The quantitative estimate of drug-likeness (QED) is 0.212. The van der Waals surface area contributed by atoms with Crippen molar-refractivity contribution in [3.05, 3.63) is 89.5 Å². The Balaban J connectivity index is 1.46. The molecule has 0 bridgehead atoms. The first kappa shape index (κ1) is 26.1. The van der Waals surface area contributed by atoms with Crippen LogP contribution in [0.1, 0.15) is 74.0 Å². The number of fused-ring (bicyclic) bond motifs is 1. The van der Waals surface area contributed by atoms with Gasteiger partial charge in [0.2, 0.25) is 0 Å². The molecule has 4 unspecified atom stereocenters. The maximum atomic E-state index is 14.9. The Labute approximate surface area is 211 Å². The van der Waals surface area contributed by atoms with Crippen LogP contribution in [0.15, 0.2) is 49.6 Å². The SMILES string of the molecule is C=CCCC1CCC2CC(c3cc(F)c(C#Cc4cc(F)c(OCC=C)c(F)c4)c(F)c3)CCC2C1. The molecule has 2 aliphatic carbocycles. The van der Waals surface area contributed by atoms with Gasteiger partial charge in [-0.05, 0) is 98.4 Å². The maximum Gasteiger partial charge on any atom is 0.191 e. The van der Waals surface area contributed by atoms with Gasteiger partial charge in [0.25, 0.3) is 0 Å². The van der Waals surface area contributed by atoms with Gasteiger partial charge in [0, 0.05) is 5.56 Å². The molecular weight excluding hydrogens is 464 g/mol. The molecule has 0 spiro atoms. The Kier molecular flexibility index (Phi) is 8.56. The van der Waals surface area contributed by atoms with Crippen LogP contribution >= 0.6 is 0 Å². The molecule has 4 rings (SSSR count). The summed E-state index contributed by atoms with van der Waals surface area (Å²) in [7, 11) is 0. The highest BCUT2D eigenvalue weighted by Gasteiger charge is 2.36. The third kappa shape index (κ3) is 6.03. The number of hydrogen-bond donors (Lipinski definition) is 0. The van der Waals surface area contributed by atoms with E-state index in [0.29, 0.717) is 17.4 Å². The first-order chi connectivity index (χ1) is 17.4. The molecule has 0 aliphatic heterocycles. The minimum absolute atomic E-state index is 0.0409. The normalized spacial score (nSPS) is 23.2. The van der Waals surface area contributed by atoms with E-state index in [2.05, 4.69) is 25.0 Å². The van der Waals surface area contributed by atoms with Gasteiger partial charge in [-0.1, -0.05) is 37.0 Å². The number of allylic oxidation sites excluding steroid dienone is 1. The van der Waals surface area contributed by atoms with E-state index in [-0.39, 0.29) is 18.1 Å². The molecule has 2 aromatic carbocycles. The predicted molar refractivity (Wildman–Crippen MR) is 135 cm³/mol. The average molecular weight is 497 g/mol. The van der Waals surface area contributed by atoms with E-state index in [1.807, 2.05) is 6.08 Å². The second-order valence-corrected chi connectivity index (χ2v) is 10.1. The van der Waals surface area contributed by atoms with Gasteiger partial charge in [0.15, 0.2) is 17.4 Å². The van der Waals surface area contributed by atoms with Crippen LogP contribution in [-0.4, -0.2) is 6.61 Å². The van der Waals surface area contributed by atoms with Crippen LogP contribution in [0, 0.1) is 52.9 Å². The molecule has 0 heterocycles. The lowest BCUT2D eigenvalue weighted by Crippen LogP contribution is -2.30. The smallest absolute Gasteiger partial charge is 0.191 e. The number of rotatable bonds is 7. The van der Waals surface area contributed by atoms with Crippen molar-refractivity contribution in [1.29, 1.82) is 0 Å². The highest BCUT2D eigenvalue weighted by atomic mass is 19.1. The van der Waals surface area contributed by atoms with Gasteiger partial charge in [-0.2, -0.15) is 0 Å². The molecule has 190 valence electrons. The molecule has 2 aromatic rings. The van der Waals surface area contributed by atoms with Gasteiger partial charge in [-0.3, -0.25) is 0 Å². The van der Waals surface area contributed by atoms with Crippen molar-refractivity contribution < 1.29 is 22.3 Å². The van der Waals surface area contributed by atoms with Crippen LogP contribution in [0.3, 0.4) is 0 Å². The fraction of sp³-hybridized carbons (Fsp3) is 0.419. The Bertz CT molecular complexity index is 1130. The second-order valence-electron chi connectivity index (χ2n) is 10.1. The summed E-state index contributed by atoms with van der Waals surface area (Å²) in [5.41, 5.74) is 0.229. The molecule has 4 atom stereocenters. The monoisotopic (exact) mass is 496 g/mol. The van der Waals surface area contributed by atoms with E-state index in [0.717, 1.165) is 43.7 Å². The van der Waals surface area contributed by atoms with Crippen LogP contribution < -0.4 is 4.74 Å². The highest BCUT2D eigenvalue weighted by Crippen LogP contribution is 2.48. The molecule has 5 heteroatoms. The highest BCUT2D eigenvalue weighted by molar-refractivity contribution is 5.47. The lowest BCUT2D eigenvalue weighted by molar-refractivity contribution is 0.115. The lowest BCUT2D eigenvalue weighted by Gasteiger charge is -2.42. The molecule has 0 radical (unpaired) electrons. The first-order valence-electron chi connectivity index (χ1n) is 12.7. The van der Waals surface area contributed by atoms with Gasteiger partial charge in [0.05, 0.1) is 5.56 Å². The molecule has 2 fully saturated rings. The molecule has 0 N–H and O–H groups in total. The second kappa shape index (κ2) is 11.8. The van der Waals surface area contributed by atoms with Crippen molar-refractivity contribution in [3.8, 4) is 17.6 Å².